The zero-order valence-electron chi connectivity index (χ0n) is 11.4. The van der Waals surface area contributed by atoms with Crippen LogP contribution in [-0.4, -0.2) is 23.0 Å². The Morgan fingerprint density at radius 1 is 1.33 bits per heavy atom. The summed E-state index contributed by atoms with van der Waals surface area (Å²) in [7, 11) is 0. The average Bonchev–Trinajstić information content (AvgIpc) is 2.31. The Bertz CT molecular complexity index is 590. The molecule has 0 saturated heterocycles. The van der Waals surface area contributed by atoms with Crippen LogP contribution in [0.3, 0.4) is 0 Å². The fourth-order valence-corrected chi connectivity index (χ4v) is 2.11. The molecule has 0 spiro atoms. The molecule has 6 nitrogen and oxygen atoms in total. The SMILES string of the molecule is CC(C)(CC(=O)NC(=O)Nc1ccc(Br)cc1Cl)C(=O)O. The Morgan fingerprint density at radius 3 is 2.48 bits per heavy atom. The number of carbonyl (C=O) groups excluding carboxylic acids is 2. The topological polar surface area (TPSA) is 95.5 Å². The molecule has 0 aromatic heterocycles. The van der Waals surface area contributed by atoms with E-state index in [-0.39, 0.29) is 6.42 Å². The molecule has 0 fully saturated rings. The number of nitrogens with one attached hydrogen (secondary N) is 2. The van der Waals surface area contributed by atoms with Gasteiger partial charge in [-0.3, -0.25) is 14.9 Å². The molecule has 0 aliphatic rings. The third-order valence-corrected chi connectivity index (χ3v) is 3.42. The Morgan fingerprint density at radius 2 is 1.95 bits per heavy atom. The van der Waals surface area contributed by atoms with Crippen LogP contribution in [0, 0.1) is 5.41 Å². The van der Waals surface area contributed by atoms with Crippen LogP contribution in [0.4, 0.5) is 10.5 Å². The number of rotatable bonds is 4. The van der Waals surface area contributed by atoms with Crippen LogP contribution < -0.4 is 10.6 Å². The summed E-state index contributed by atoms with van der Waals surface area (Å²) < 4.78 is 0.748. The molecule has 0 unspecified atom stereocenters. The first-order valence-electron chi connectivity index (χ1n) is 5.91. The van der Waals surface area contributed by atoms with E-state index >= 15 is 0 Å². The van der Waals surface area contributed by atoms with Crippen molar-refractivity contribution in [2.45, 2.75) is 20.3 Å². The van der Waals surface area contributed by atoms with Gasteiger partial charge in [0.2, 0.25) is 5.91 Å². The highest BCUT2D eigenvalue weighted by Gasteiger charge is 2.30. The fourth-order valence-electron chi connectivity index (χ4n) is 1.39. The van der Waals surface area contributed by atoms with Crippen molar-refractivity contribution in [1.29, 1.82) is 0 Å². The van der Waals surface area contributed by atoms with Crippen LogP contribution in [0.1, 0.15) is 20.3 Å². The minimum atomic E-state index is -1.25. The predicted molar refractivity (Wildman–Crippen MR) is 82.3 cm³/mol. The average molecular weight is 378 g/mol. The second kappa shape index (κ2) is 6.91. The monoisotopic (exact) mass is 376 g/mol. The number of carboxylic acid groups (broad SMARTS) is 1. The molecule has 3 amide bonds. The first-order chi connectivity index (χ1) is 9.61. The molecular formula is C13H14BrClN2O4. The van der Waals surface area contributed by atoms with Gasteiger partial charge >= 0.3 is 12.0 Å². The molecule has 0 aliphatic heterocycles. The van der Waals surface area contributed by atoms with Crippen molar-refractivity contribution in [3.63, 3.8) is 0 Å². The van der Waals surface area contributed by atoms with Gasteiger partial charge in [-0.05, 0) is 32.0 Å². The number of halogens is 2. The van der Waals surface area contributed by atoms with Gasteiger partial charge in [-0.15, -0.1) is 0 Å². The lowest BCUT2D eigenvalue weighted by molar-refractivity contribution is -0.149. The zero-order valence-corrected chi connectivity index (χ0v) is 13.7. The van der Waals surface area contributed by atoms with Crippen LogP contribution in [0.25, 0.3) is 0 Å². The summed E-state index contributed by atoms with van der Waals surface area (Å²) >= 11 is 9.15. The Balaban J connectivity index is 2.61. The van der Waals surface area contributed by atoms with Gasteiger partial charge in [0.05, 0.1) is 16.1 Å². The maximum Gasteiger partial charge on any atom is 0.325 e. The summed E-state index contributed by atoms with van der Waals surface area (Å²) in [5.74, 6) is -1.80. The lowest BCUT2D eigenvalue weighted by Gasteiger charge is -2.18. The maximum atomic E-state index is 11.7. The summed E-state index contributed by atoms with van der Waals surface area (Å²) in [5.41, 5.74) is -0.915. The van der Waals surface area contributed by atoms with E-state index in [2.05, 4.69) is 26.6 Å². The van der Waals surface area contributed by atoms with Crippen molar-refractivity contribution < 1.29 is 19.5 Å². The molecule has 1 rings (SSSR count). The minimum absolute atomic E-state index is 0.304. The Hall–Kier alpha value is -1.60. The smallest absolute Gasteiger partial charge is 0.325 e. The van der Waals surface area contributed by atoms with Crippen LogP contribution in [0.5, 0.6) is 0 Å². The highest BCUT2D eigenvalue weighted by molar-refractivity contribution is 9.10. The number of aliphatic carboxylic acids is 1. The van der Waals surface area contributed by atoms with Crippen LogP contribution >= 0.6 is 27.5 Å². The van der Waals surface area contributed by atoms with Crippen LogP contribution in [-0.2, 0) is 9.59 Å². The molecule has 0 radical (unpaired) electrons. The van der Waals surface area contributed by atoms with Gasteiger partial charge in [0.1, 0.15) is 0 Å². The first-order valence-corrected chi connectivity index (χ1v) is 7.08. The molecule has 1 aromatic carbocycles. The van der Waals surface area contributed by atoms with Gasteiger partial charge in [-0.2, -0.15) is 0 Å². The van der Waals surface area contributed by atoms with Crippen molar-refractivity contribution in [3.8, 4) is 0 Å². The van der Waals surface area contributed by atoms with Crippen molar-refractivity contribution in [2.75, 3.05) is 5.32 Å². The summed E-state index contributed by atoms with van der Waals surface area (Å²) in [4.78, 5) is 34.2. The van der Waals surface area contributed by atoms with E-state index in [0.29, 0.717) is 10.7 Å². The largest absolute Gasteiger partial charge is 0.481 e. The van der Waals surface area contributed by atoms with E-state index in [1.54, 1.807) is 18.2 Å². The number of hydrogen-bond donors (Lipinski definition) is 3. The number of benzene rings is 1. The van der Waals surface area contributed by atoms with Crippen LogP contribution in [0.2, 0.25) is 5.02 Å². The van der Waals surface area contributed by atoms with Crippen LogP contribution in [0.15, 0.2) is 22.7 Å². The lowest BCUT2D eigenvalue weighted by Crippen LogP contribution is -2.38. The second-order valence-electron chi connectivity index (χ2n) is 4.99. The van der Waals surface area contributed by atoms with Gasteiger partial charge in [-0.25, -0.2) is 4.79 Å². The van der Waals surface area contributed by atoms with Gasteiger partial charge in [0, 0.05) is 10.9 Å². The molecule has 0 heterocycles. The summed E-state index contributed by atoms with van der Waals surface area (Å²) in [6, 6.07) is 4.06. The normalized spacial score (nSPS) is 10.9. The molecule has 0 bridgehead atoms. The Labute approximate surface area is 135 Å². The molecular weight excluding hydrogens is 364 g/mol. The molecule has 0 saturated carbocycles. The summed E-state index contributed by atoms with van der Waals surface area (Å²) in [6.07, 6.45) is -0.316. The zero-order chi connectivity index (χ0) is 16.2. The van der Waals surface area contributed by atoms with E-state index in [9.17, 15) is 14.4 Å². The lowest BCUT2D eigenvalue weighted by atomic mass is 9.89. The number of hydrogen-bond acceptors (Lipinski definition) is 3. The highest BCUT2D eigenvalue weighted by Crippen LogP contribution is 2.25. The number of imide groups is 1. The van der Waals surface area contributed by atoms with E-state index in [1.807, 2.05) is 0 Å². The summed E-state index contributed by atoms with van der Waals surface area (Å²) in [6.45, 7) is 2.80. The molecule has 1 aromatic rings. The third kappa shape index (κ3) is 5.35. The van der Waals surface area contributed by atoms with Crippen molar-refractivity contribution in [1.82, 2.24) is 5.32 Å². The number of amides is 3. The van der Waals surface area contributed by atoms with Gasteiger partial charge < -0.3 is 10.4 Å². The highest BCUT2D eigenvalue weighted by atomic mass is 79.9. The van der Waals surface area contributed by atoms with Gasteiger partial charge in [0.15, 0.2) is 0 Å². The standard InChI is InChI=1S/C13H14BrClN2O4/c1-13(2,11(19)20)6-10(18)17-12(21)16-9-4-3-7(14)5-8(9)15/h3-5H,6H2,1-2H3,(H,19,20)(H2,16,17,18,21). The molecule has 3 N–H and O–H groups in total. The molecule has 8 heteroatoms. The van der Waals surface area contributed by atoms with Crippen molar-refractivity contribution in [3.05, 3.63) is 27.7 Å². The molecule has 21 heavy (non-hydrogen) atoms. The molecule has 0 atom stereocenters. The maximum absolute atomic E-state index is 11.7. The minimum Gasteiger partial charge on any atom is -0.481 e. The van der Waals surface area contributed by atoms with Crippen molar-refractivity contribution in [2.24, 2.45) is 5.41 Å². The number of carbonyl (C=O) groups is 3. The third-order valence-electron chi connectivity index (χ3n) is 2.61. The number of carboxylic acids is 1. The van der Waals surface area contributed by atoms with E-state index in [4.69, 9.17) is 16.7 Å². The Kier molecular flexibility index (Phi) is 5.74. The van der Waals surface area contributed by atoms with E-state index in [0.717, 1.165) is 4.47 Å². The second-order valence-corrected chi connectivity index (χ2v) is 6.32. The van der Waals surface area contributed by atoms with E-state index < -0.39 is 23.3 Å². The predicted octanol–water partition coefficient (Wildman–Crippen LogP) is 3.25. The van der Waals surface area contributed by atoms with E-state index in [1.165, 1.54) is 13.8 Å². The fraction of sp³-hybridized carbons (Fsp3) is 0.308. The first kappa shape index (κ1) is 17.5. The quantitative estimate of drug-likeness (QED) is 0.750. The summed E-state index contributed by atoms with van der Waals surface area (Å²) in [5, 5.41) is 13.7. The van der Waals surface area contributed by atoms with Gasteiger partial charge in [-0.1, -0.05) is 27.5 Å². The van der Waals surface area contributed by atoms with Crippen molar-refractivity contribution >= 4 is 51.1 Å². The molecule has 114 valence electrons. The number of anilines is 1. The molecule has 0 aliphatic carbocycles. The number of urea groups is 1. The van der Waals surface area contributed by atoms with Gasteiger partial charge in [0.25, 0.3) is 0 Å².